The van der Waals surface area contributed by atoms with E-state index < -0.39 is 5.82 Å². The van der Waals surface area contributed by atoms with Crippen LogP contribution in [-0.2, 0) is 13.6 Å². The summed E-state index contributed by atoms with van der Waals surface area (Å²) in [5.41, 5.74) is 0.962. The Kier molecular flexibility index (Phi) is 4.27. The maximum atomic E-state index is 13.6. The minimum Gasteiger partial charge on any atom is -0.363 e. The molecule has 6 nitrogen and oxygen atoms in total. The fourth-order valence-electron chi connectivity index (χ4n) is 1.56. The van der Waals surface area contributed by atoms with Gasteiger partial charge in [0, 0.05) is 31.9 Å². The van der Waals surface area contributed by atoms with Crippen molar-refractivity contribution in [2.24, 2.45) is 7.05 Å². The molecule has 0 saturated carbocycles. The van der Waals surface area contributed by atoms with E-state index in [2.05, 4.69) is 25.7 Å². The lowest BCUT2D eigenvalue weighted by Gasteiger charge is -2.08. The third kappa shape index (κ3) is 3.64. The minimum absolute atomic E-state index is 0.192. The highest BCUT2D eigenvalue weighted by molar-refractivity contribution is 5.41. The van der Waals surface area contributed by atoms with Gasteiger partial charge in [-0.15, -0.1) is 0 Å². The van der Waals surface area contributed by atoms with E-state index in [-0.39, 0.29) is 5.82 Å². The van der Waals surface area contributed by atoms with Gasteiger partial charge in [-0.25, -0.2) is 9.37 Å². The number of nitrogens with one attached hydrogen (secondary N) is 2. The lowest BCUT2D eigenvalue weighted by molar-refractivity contribution is 0.617. The molecule has 2 N–H and O–H groups in total. The van der Waals surface area contributed by atoms with E-state index in [0.717, 1.165) is 24.7 Å². The molecule has 0 aromatic carbocycles. The second-order valence-electron chi connectivity index (χ2n) is 4.19. The first-order chi connectivity index (χ1) is 9.19. The molecule has 0 spiro atoms. The first kappa shape index (κ1) is 13.3. The molecule has 0 bridgehead atoms. The van der Waals surface area contributed by atoms with Crippen LogP contribution in [0.1, 0.15) is 18.9 Å². The monoisotopic (exact) mass is 264 g/mol. The second kappa shape index (κ2) is 6.12. The number of aromatic nitrogens is 4. The van der Waals surface area contributed by atoms with Crippen LogP contribution in [0.25, 0.3) is 0 Å². The van der Waals surface area contributed by atoms with Gasteiger partial charge in [0.05, 0.1) is 12.4 Å². The van der Waals surface area contributed by atoms with Crippen molar-refractivity contribution in [2.75, 3.05) is 17.2 Å². The molecule has 0 atom stereocenters. The Labute approximate surface area is 111 Å². The molecule has 2 rings (SSSR count). The van der Waals surface area contributed by atoms with Crippen molar-refractivity contribution in [3.8, 4) is 0 Å². The zero-order valence-corrected chi connectivity index (χ0v) is 11.0. The fourth-order valence-corrected chi connectivity index (χ4v) is 1.56. The lowest BCUT2D eigenvalue weighted by Crippen LogP contribution is -2.09. The number of anilines is 2. The molecule has 19 heavy (non-hydrogen) atoms. The normalized spacial score (nSPS) is 10.5. The molecule has 2 aromatic rings. The SMILES string of the molecule is CCCNc1ncc(F)c(NCc2cnn(C)c2)n1. The van der Waals surface area contributed by atoms with Gasteiger partial charge in [0.2, 0.25) is 5.95 Å². The van der Waals surface area contributed by atoms with Crippen LogP contribution in [-0.4, -0.2) is 26.3 Å². The van der Waals surface area contributed by atoms with Crippen molar-refractivity contribution in [3.05, 3.63) is 30.0 Å². The van der Waals surface area contributed by atoms with E-state index in [9.17, 15) is 4.39 Å². The molecule has 0 aliphatic carbocycles. The maximum Gasteiger partial charge on any atom is 0.224 e. The van der Waals surface area contributed by atoms with Crippen LogP contribution in [0.3, 0.4) is 0 Å². The molecule has 0 saturated heterocycles. The Morgan fingerprint density at radius 2 is 2.16 bits per heavy atom. The number of rotatable bonds is 6. The van der Waals surface area contributed by atoms with E-state index in [4.69, 9.17) is 0 Å². The molecule has 7 heteroatoms. The molecular formula is C12H17FN6. The minimum atomic E-state index is -0.467. The Balaban J connectivity index is 2.02. The molecule has 0 aliphatic rings. The standard InChI is InChI=1S/C12H17FN6/c1-3-4-14-12-16-7-10(13)11(18-12)15-5-9-6-17-19(2)8-9/h6-8H,3-5H2,1-2H3,(H2,14,15,16,18). The molecular weight excluding hydrogens is 247 g/mol. The molecule has 102 valence electrons. The van der Waals surface area contributed by atoms with Crippen molar-refractivity contribution in [2.45, 2.75) is 19.9 Å². The van der Waals surface area contributed by atoms with Crippen LogP contribution in [0, 0.1) is 5.82 Å². The highest BCUT2D eigenvalue weighted by Gasteiger charge is 2.06. The van der Waals surface area contributed by atoms with E-state index in [1.807, 2.05) is 20.2 Å². The molecule has 0 unspecified atom stereocenters. The van der Waals surface area contributed by atoms with Gasteiger partial charge < -0.3 is 10.6 Å². The first-order valence-electron chi connectivity index (χ1n) is 6.17. The van der Waals surface area contributed by atoms with E-state index in [1.165, 1.54) is 0 Å². The van der Waals surface area contributed by atoms with Crippen LogP contribution in [0.4, 0.5) is 16.2 Å². The van der Waals surface area contributed by atoms with Gasteiger partial charge in [-0.1, -0.05) is 6.92 Å². The number of hydrogen-bond acceptors (Lipinski definition) is 5. The van der Waals surface area contributed by atoms with Crippen molar-refractivity contribution in [1.29, 1.82) is 0 Å². The zero-order valence-electron chi connectivity index (χ0n) is 11.0. The second-order valence-corrected chi connectivity index (χ2v) is 4.19. The average molecular weight is 264 g/mol. The van der Waals surface area contributed by atoms with Gasteiger partial charge in [-0.3, -0.25) is 4.68 Å². The van der Waals surface area contributed by atoms with Gasteiger partial charge in [0.15, 0.2) is 11.6 Å². The number of hydrogen-bond donors (Lipinski definition) is 2. The van der Waals surface area contributed by atoms with Gasteiger partial charge in [0.25, 0.3) is 0 Å². The largest absolute Gasteiger partial charge is 0.363 e. The van der Waals surface area contributed by atoms with Crippen molar-refractivity contribution in [1.82, 2.24) is 19.7 Å². The van der Waals surface area contributed by atoms with Crippen molar-refractivity contribution < 1.29 is 4.39 Å². The van der Waals surface area contributed by atoms with Crippen molar-refractivity contribution >= 4 is 11.8 Å². The Morgan fingerprint density at radius 3 is 2.84 bits per heavy atom. The van der Waals surface area contributed by atoms with Crippen LogP contribution in [0.2, 0.25) is 0 Å². The summed E-state index contributed by atoms with van der Waals surface area (Å²) in [4.78, 5) is 7.98. The third-order valence-corrected chi connectivity index (χ3v) is 2.50. The third-order valence-electron chi connectivity index (χ3n) is 2.50. The topological polar surface area (TPSA) is 67.7 Å². The summed E-state index contributed by atoms with van der Waals surface area (Å²) < 4.78 is 15.3. The van der Waals surface area contributed by atoms with Crippen LogP contribution in [0.15, 0.2) is 18.6 Å². The first-order valence-corrected chi connectivity index (χ1v) is 6.17. The molecule has 0 fully saturated rings. The zero-order chi connectivity index (χ0) is 13.7. The van der Waals surface area contributed by atoms with Gasteiger partial charge >= 0.3 is 0 Å². The number of halogens is 1. The predicted molar refractivity (Wildman–Crippen MR) is 71.3 cm³/mol. The molecule has 0 radical (unpaired) electrons. The molecule has 2 heterocycles. The van der Waals surface area contributed by atoms with E-state index in [0.29, 0.717) is 12.5 Å². The smallest absolute Gasteiger partial charge is 0.224 e. The van der Waals surface area contributed by atoms with Gasteiger partial charge in [-0.2, -0.15) is 10.1 Å². The lowest BCUT2D eigenvalue weighted by atomic mass is 10.3. The summed E-state index contributed by atoms with van der Waals surface area (Å²) in [7, 11) is 1.83. The Morgan fingerprint density at radius 1 is 1.32 bits per heavy atom. The summed E-state index contributed by atoms with van der Waals surface area (Å²) in [6.07, 6.45) is 5.71. The molecule has 0 aliphatic heterocycles. The highest BCUT2D eigenvalue weighted by atomic mass is 19.1. The Hall–Kier alpha value is -2.18. The fraction of sp³-hybridized carbons (Fsp3) is 0.417. The summed E-state index contributed by atoms with van der Waals surface area (Å²) in [5, 5.41) is 10.0. The van der Waals surface area contributed by atoms with Gasteiger partial charge in [0.1, 0.15) is 0 Å². The summed E-state index contributed by atoms with van der Waals surface area (Å²) >= 11 is 0. The quantitative estimate of drug-likeness (QED) is 0.832. The Bertz CT molecular complexity index is 539. The summed E-state index contributed by atoms with van der Waals surface area (Å²) in [5.74, 6) is 0.153. The van der Waals surface area contributed by atoms with E-state index >= 15 is 0 Å². The molecule has 2 aromatic heterocycles. The van der Waals surface area contributed by atoms with Crippen molar-refractivity contribution in [3.63, 3.8) is 0 Å². The van der Waals surface area contributed by atoms with Crippen LogP contribution >= 0.6 is 0 Å². The van der Waals surface area contributed by atoms with Crippen LogP contribution < -0.4 is 10.6 Å². The number of aryl methyl sites for hydroxylation is 1. The summed E-state index contributed by atoms with van der Waals surface area (Å²) in [6, 6.07) is 0. The average Bonchev–Trinajstić information content (AvgIpc) is 2.82. The van der Waals surface area contributed by atoms with Crippen LogP contribution in [0.5, 0.6) is 0 Å². The predicted octanol–water partition coefficient (Wildman–Crippen LogP) is 1.78. The summed E-state index contributed by atoms with van der Waals surface area (Å²) in [6.45, 7) is 3.26. The van der Waals surface area contributed by atoms with Gasteiger partial charge in [-0.05, 0) is 6.42 Å². The van der Waals surface area contributed by atoms with E-state index in [1.54, 1.807) is 10.9 Å². The molecule has 0 amide bonds. The highest BCUT2D eigenvalue weighted by Crippen LogP contribution is 2.13. The number of nitrogens with zero attached hydrogens (tertiary/aromatic N) is 4. The maximum absolute atomic E-state index is 13.6.